The van der Waals surface area contributed by atoms with Crippen LogP contribution in [0.4, 0.5) is 47.8 Å². The number of benzene rings is 2. The highest BCUT2D eigenvalue weighted by molar-refractivity contribution is 6.04. The number of piperazine rings is 1. The zero-order valence-corrected chi connectivity index (χ0v) is 25.3. The molecule has 0 aliphatic carbocycles. The van der Waals surface area contributed by atoms with Crippen LogP contribution in [0.15, 0.2) is 67.0 Å². The van der Waals surface area contributed by atoms with E-state index in [9.17, 15) is 18.0 Å². The van der Waals surface area contributed by atoms with Crippen LogP contribution in [0.1, 0.15) is 27.0 Å². The first kappa shape index (κ1) is 30.1. The third-order valence-corrected chi connectivity index (χ3v) is 8.04. The number of nitrogens with zero attached hydrogens (tertiary/aromatic N) is 7. The van der Waals surface area contributed by atoms with Crippen LogP contribution in [0.25, 0.3) is 0 Å². The molecule has 13 heteroatoms. The molecule has 1 fully saturated rings. The minimum atomic E-state index is -4.53. The second-order valence-corrected chi connectivity index (χ2v) is 11.4. The average Bonchev–Trinajstić information content (AvgIpc) is 3.02. The van der Waals surface area contributed by atoms with Gasteiger partial charge < -0.3 is 30.2 Å². The molecule has 0 spiro atoms. The van der Waals surface area contributed by atoms with E-state index in [1.165, 1.54) is 12.1 Å². The summed E-state index contributed by atoms with van der Waals surface area (Å²) in [6.45, 7) is 6.96. The highest BCUT2D eigenvalue weighted by Crippen LogP contribution is 2.33. The minimum absolute atomic E-state index is 0.0677. The summed E-state index contributed by atoms with van der Waals surface area (Å²) in [5.74, 6) is 1.61. The van der Waals surface area contributed by atoms with Crippen molar-refractivity contribution in [2.24, 2.45) is 0 Å². The van der Waals surface area contributed by atoms with Crippen molar-refractivity contribution < 1.29 is 18.0 Å². The van der Waals surface area contributed by atoms with Gasteiger partial charge in [-0.05, 0) is 62.0 Å². The molecule has 1 amide bonds. The fourth-order valence-electron chi connectivity index (χ4n) is 5.52. The number of nitrogens with one attached hydrogen (secondary N) is 2. The molecule has 0 saturated carbocycles. The zero-order valence-electron chi connectivity index (χ0n) is 25.3. The maximum Gasteiger partial charge on any atom is 0.416 e. The number of aryl methyl sites for hydroxylation is 1. The van der Waals surface area contributed by atoms with Crippen LogP contribution >= 0.6 is 0 Å². The van der Waals surface area contributed by atoms with Gasteiger partial charge in [-0.25, -0.2) is 9.97 Å². The quantitative estimate of drug-likeness (QED) is 0.297. The van der Waals surface area contributed by atoms with Gasteiger partial charge in [0.15, 0.2) is 0 Å². The third kappa shape index (κ3) is 6.78. The molecule has 4 aromatic rings. The number of aromatic nitrogens is 3. The number of hydrogen-bond donors (Lipinski definition) is 2. The van der Waals surface area contributed by atoms with Gasteiger partial charge in [0.25, 0.3) is 5.91 Å². The number of anilines is 6. The first-order chi connectivity index (χ1) is 21.5. The summed E-state index contributed by atoms with van der Waals surface area (Å²) in [5, 5.41) is 6.00. The number of halogens is 3. The number of fused-ring (bicyclic) bond motifs is 1. The summed E-state index contributed by atoms with van der Waals surface area (Å²) in [7, 11) is 4.07. The lowest BCUT2D eigenvalue weighted by molar-refractivity contribution is -0.137. The Morgan fingerprint density at radius 2 is 1.67 bits per heavy atom. The molecular formula is C32H34F3N9O. The number of alkyl halides is 3. The molecule has 10 nitrogen and oxygen atoms in total. The van der Waals surface area contributed by atoms with E-state index >= 15 is 0 Å². The van der Waals surface area contributed by atoms with Gasteiger partial charge in [-0.2, -0.15) is 18.2 Å². The van der Waals surface area contributed by atoms with Gasteiger partial charge in [0.05, 0.1) is 24.1 Å². The van der Waals surface area contributed by atoms with E-state index in [1.54, 1.807) is 18.5 Å². The Hall–Kier alpha value is -4.91. The number of hydrogen-bond acceptors (Lipinski definition) is 9. The molecule has 0 atom stereocenters. The SMILES string of the molecule is Cc1ccc(NC(=O)c2cccc(C(F)(F)F)c2)cc1N1Cc2cnc(Nc3ccc(N4CCN(C)CC4)nc3)nc2N(C)C1. The van der Waals surface area contributed by atoms with E-state index in [4.69, 9.17) is 4.98 Å². The number of carbonyl (C=O) groups is 1. The molecule has 2 aromatic heterocycles. The molecule has 1 saturated heterocycles. The topological polar surface area (TPSA) is 92.8 Å². The number of likely N-dealkylation sites (N-methyl/N-ethyl adjacent to an activating group) is 1. The van der Waals surface area contributed by atoms with Crippen molar-refractivity contribution >= 4 is 40.6 Å². The standard InChI is InChI=1S/C32H34F3N9O/c1-21-7-8-25(38-30(45)22-5-4-6-24(15-22)32(33,34)35)16-27(21)44-19-23-17-37-31(40-29(23)42(3)20-44)39-26-9-10-28(36-18-26)43-13-11-41(2)12-14-43/h4-10,15-18H,11-14,19-20H2,1-3H3,(H,38,45)(H,37,39,40). The molecule has 2 aromatic carbocycles. The third-order valence-electron chi connectivity index (χ3n) is 8.04. The Bertz CT molecular complexity index is 1690. The molecule has 2 N–H and O–H groups in total. The first-order valence-corrected chi connectivity index (χ1v) is 14.6. The van der Waals surface area contributed by atoms with Gasteiger partial charge in [-0.3, -0.25) is 4.79 Å². The fraction of sp³-hybridized carbons (Fsp3) is 0.312. The number of rotatable bonds is 6. The summed E-state index contributed by atoms with van der Waals surface area (Å²) in [6, 6.07) is 13.8. The Morgan fingerprint density at radius 1 is 0.889 bits per heavy atom. The maximum absolute atomic E-state index is 13.1. The van der Waals surface area contributed by atoms with Gasteiger partial charge in [-0.15, -0.1) is 0 Å². The summed E-state index contributed by atoms with van der Waals surface area (Å²) < 4.78 is 39.4. The van der Waals surface area contributed by atoms with Crippen LogP contribution in [-0.4, -0.2) is 72.7 Å². The van der Waals surface area contributed by atoms with E-state index in [-0.39, 0.29) is 5.56 Å². The van der Waals surface area contributed by atoms with Crippen LogP contribution in [-0.2, 0) is 12.7 Å². The van der Waals surface area contributed by atoms with Gasteiger partial charge in [0.1, 0.15) is 11.6 Å². The minimum Gasteiger partial charge on any atom is -0.354 e. The predicted octanol–water partition coefficient (Wildman–Crippen LogP) is 5.36. The molecular weight excluding hydrogens is 583 g/mol. The largest absolute Gasteiger partial charge is 0.416 e. The molecule has 0 bridgehead atoms. The molecule has 4 heterocycles. The zero-order chi connectivity index (χ0) is 31.7. The average molecular weight is 618 g/mol. The number of carbonyl (C=O) groups excluding carboxylic acids is 1. The number of amides is 1. The smallest absolute Gasteiger partial charge is 0.354 e. The predicted molar refractivity (Wildman–Crippen MR) is 169 cm³/mol. The number of pyridine rings is 1. The van der Waals surface area contributed by atoms with E-state index in [0.29, 0.717) is 24.8 Å². The molecule has 0 radical (unpaired) electrons. The molecule has 0 unspecified atom stereocenters. The Morgan fingerprint density at radius 3 is 2.40 bits per heavy atom. The highest BCUT2D eigenvalue weighted by Gasteiger charge is 2.31. The van der Waals surface area contributed by atoms with Crippen molar-refractivity contribution in [1.29, 1.82) is 0 Å². The molecule has 45 heavy (non-hydrogen) atoms. The Kier molecular flexibility index (Phi) is 8.19. The lowest BCUT2D eigenvalue weighted by Crippen LogP contribution is -2.44. The lowest BCUT2D eigenvalue weighted by atomic mass is 10.1. The fourth-order valence-corrected chi connectivity index (χ4v) is 5.52. The van der Waals surface area contributed by atoms with Crippen LogP contribution < -0.4 is 25.3 Å². The molecule has 2 aliphatic rings. The second-order valence-electron chi connectivity index (χ2n) is 11.4. The van der Waals surface area contributed by atoms with Gasteiger partial charge in [0, 0.05) is 68.5 Å². The summed E-state index contributed by atoms with van der Waals surface area (Å²) >= 11 is 0. The molecule has 2 aliphatic heterocycles. The molecule has 6 rings (SSSR count). The van der Waals surface area contributed by atoms with Crippen molar-refractivity contribution in [3.05, 3.63) is 89.2 Å². The van der Waals surface area contributed by atoms with Gasteiger partial charge in [-0.1, -0.05) is 12.1 Å². The Balaban J connectivity index is 1.13. The lowest BCUT2D eigenvalue weighted by Gasteiger charge is -2.37. The second kappa shape index (κ2) is 12.2. The van der Waals surface area contributed by atoms with Crippen LogP contribution in [0.2, 0.25) is 0 Å². The van der Waals surface area contributed by atoms with Crippen molar-refractivity contribution in [1.82, 2.24) is 19.9 Å². The summed E-state index contributed by atoms with van der Waals surface area (Å²) in [6.07, 6.45) is -0.935. The van der Waals surface area contributed by atoms with E-state index < -0.39 is 17.6 Å². The monoisotopic (exact) mass is 617 g/mol. The highest BCUT2D eigenvalue weighted by atomic mass is 19.4. The van der Waals surface area contributed by atoms with E-state index in [1.807, 2.05) is 43.1 Å². The Labute approximate surface area is 259 Å². The van der Waals surface area contributed by atoms with Crippen molar-refractivity contribution in [2.75, 3.05) is 72.3 Å². The van der Waals surface area contributed by atoms with Crippen molar-refractivity contribution in [3.8, 4) is 0 Å². The van der Waals surface area contributed by atoms with Gasteiger partial charge in [0.2, 0.25) is 5.95 Å². The summed E-state index contributed by atoms with van der Waals surface area (Å²) in [5.41, 5.74) is 3.13. The first-order valence-electron chi connectivity index (χ1n) is 14.6. The van der Waals surface area contributed by atoms with E-state index in [2.05, 4.69) is 42.3 Å². The normalized spacial score (nSPS) is 15.6. The van der Waals surface area contributed by atoms with E-state index in [0.717, 1.165) is 72.4 Å². The molecule has 234 valence electrons. The van der Waals surface area contributed by atoms with Gasteiger partial charge >= 0.3 is 6.18 Å². The van der Waals surface area contributed by atoms with Crippen molar-refractivity contribution in [2.45, 2.75) is 19.6 Å². The maximum atomic E-state index is 13.1. The van der Waals surface area contributed by atoms with Crippen LogP contribution in [0.5, 0.6) is 0 Å². The summed E-state index contributed by atoms with van der Waals surface area (Å²) in [4.78, 5) is 35.5. The van der Waals surface area contributed by atoms with Crippen LogP contribution in [0.3, 0.4) is 0 Å². The van der Waals surface area contributed by atoms with Crippen LogP contribution in [0, 0.1) is 6.92 Å². The van der Waals surface area contributed by atoms with Crippen molar-refractivity contribution in [3.63, 3.8) is 0 Å².